The molecule has 0 atom stereocenters. The van der Waals surface area contributed by atoms with Crippen molar-refractivity contribution in [2.45, 2.75) is 0 Å². The van der Waals surface area contributed by atoms with Gasteiger partial charge in [-0.15, -0.1) is 0 Å². The summed E-state index contributed by atoms with van der Waals surface area (Å²) < 4.78 is 0. The number of carboxylic acid groups (broad SMARTS) is 1. The number of hydrogen-bond acceptors (Lipinski definition) is 3. The minimum atomic E-state index is -1.10. The number of amides is 2. The van der Waals surface area contributed by atoms with E-state index in [0.717, 1.165) is 16.3 Å². The summed E-state index contributed by atoms with van der Waals surface area (Å²) in [5, 5.41) is 16.3. The summed E-state index contributed by atoms with van der Waals surface area (Å²) in [6.45, 7) is 0. The third-order valence-corrected chi connectivity index (χ3v) is 5.01. The zero-order chi connectivity index (χ0) is 23.2. The van der Waals surface area contributed by atoms with E-state index in [1.807, 2.05) is 60.7 Å². The Balaban J connectivity index is 1.66. The van der Waals surface area contributed by atoms with Gasteiger partial charge in [0.1, 0.15) is 5.70 Å². The lowest BCUT2D eigenvalue weighted by Gasteiger charge is -2.13. The molecule has 0 aliphatic rings. The second-order valence-corrected chi connectivity index (χ2v) is 7.29. The summed E-state index contributed by atoms with van der Waals surface area (Å²) in [4.78, 5) is 37.5. The van der Waals surface area contributed by atoms with Crippen molar-refractivity contribution in [1.82, 2.24) is 5.32 Å². The van der Waals surface area contributed by atoms with Gasteiger partial charge in [-0.1, -0.05) is 72.8 Å². The fraction of sp³-hybridized carbons (Fsp3) is 0. The molecular weight excluding hydrogens is 416 g/mol. The lowest BCUT2D eigenvalue weighted by atomic mass is 10.0. The van der Waals surface area contributed by atoms with Crippen LogP contribution in [-0.2, 0) is 4.79 Å². The zero-order valence-electron chi connectivity index (χ0n) is 17.5. The third kappa shape index (κ3) is 5.14. The molecule has 0 aromatic heterocycles. The van der Waals surface area contributed by atoms with Crippen LogP contribution in [0.3, 0.4) is 0 Å². The fourth-order valence-electron chi connectivity index (χ4n) is 3.42. The van der Waals surface area contributed by atoms with Crippen molar-refractivity contribution in [1.29, 1.82) is 0 Å². The maximum Gasteiger partial charge on any atom is 0.335 e. The van der Waals surface area contributed by atoms with Gasteiger partial charge in [0.15, 0.2) is 0 Å². The van der Waals surface area contributed by atoms with Crippen LogP contribution < -0.4 is 10.6 Å². The summed E-state index contributed by atoms with van der Waals surface area (Å²) in [5.41, 5.74) is 1.53. The fourth-order valence-corrected chi connectivity index (χ4v) is 3.42. The third-order valence-electron chi connectivity index (χ3n) is 5.01. The molecule has 0 aliphatic carbocycles. The van der Waals surface area contributed by atoms with E-state index in [0.29, 0.717) is 11.3 Å². The zero-order valence-corrected chi connectivity index (χ0v) is 17.5. The van der Waals surface area contributed by atoms with E-state index in [1.54, 1.807) is 24.3 Å². The van der Waals surface area contributed by atoms with Crippen LogP contribution >= 0.6 is 0 Å². The number of carbonyl (C=O) groups excluding carboxylic acids is 2. The number of hydrogen-bond donors (Lipinski definition) is 3. The van der Waals surface area contributed by atoms with Crippen LogP contribution in [0.1, 0.15) is 26.3 Å². The van der Waals surface area contributed by atoms with E-state index in [1.165, 1.54) is 18.2 Å². The number of carbonyl (C=O) groups is 3. The Labute approximate surface area is 190 Å². The number of fused-ring (bicyclic) bond motifs is 1. The van der Waals surface area contributed by atoms with Crippen LogP contribution in [0.25, 0.3) is 16.8 Å². The van der Waals surface area contributed by atoms with Crippen LogP contribution in [0, 0.1) is 0 Å². The second-order valence-electron chi connectivity index (χ2n) is 7.29. The minimum absolute atomic E-state index is 0.0277. The van der Waals surface area contributed by atoms with Gasteiger partial charge in [-0.05, 0) is 46.7 Å². The van der Waals surface area contributed by atoms with E-state index in [4.69, 9.17) is 0 Å². The number of carboxylic acids is 1. The number of nitrogens with one attached hydrogen (secondary N) is 2. The Bertz CT molecular complexity index is 1370. The van der Waals surface area contributed by atoms with E-state index in [9.17, 15) is 19.5 Å². The molecule has 0 unspecified atom stereocenters. The van der Waals surface area contributed by atoms with Gasteiger partial charge in [0.05, 0.1) is 5.56 Å². The Morgan fingerprint density at radius 1 is 0.758 bits per heavy atom. The number of aromatic carboxylic acids is 1. The van der Waals surface area contributed by atoms with Crippen LogP contribution in [-0.4, -0.2) is 22.9 Å². The second kappa shape index (κ2) is 9.62. The molecule has 4 aromatic rings. The van der Waals surface area contributed by atoms with Crippen molar-refractivity contribution in [3.63, 3.8) is 0 Å². The summed E-state index contributed by atoms with van der Waals surface area (Å²) in [6.07, 6.45) is 1.57. The summed E-state index contributed by atoms with van der Waals surface area (Å²) in [7, 11) is 0. The van der Waals surface area contributed by atoms with Gasteiger partial charge >= 0.3 is 5.97 Å². The van der Waals surface area contributed by atoms with E-state index in [2.05, 4.69) is 10.6 Å². The molecule has 0 heterocycles. The van der Waals surface area contributed by atoms with Crippen molar-refractivity contribution < 1.29 is 19.5 Å². The molecule has 0 saturated carbocycles. The Morgan fingerprint density at radius 2 is 1.45 bits per heavy atom. The van der Waals surface area contributed by atoms with Crippen LogP contribution in [0.2, 0.25) is 0 Å². The van der Waals surface area contributed by atoms with Crippen LogP contribution in [0.15, 0.2) is 103 Å². The quantitative estimate of drug-likeness (QED) is 0.373. The molecule has 33 heavy (non-hydrogen) atoms. The Hall–Kier alpha value is -4.71. The van der Waals surface area contributed by atoms with Crippen molar-refractivity contribution in [3.8, 4) is 0 Å². The molecule has 6 nitrogen and oxygen atoms in total. The highest BCUT2D eigenvalue weighted by Gasteiger charge is 2.17. The first-order chi connectivity index (χ1) is 16.0. The van der Waals surface area contributed by atoms with Crippen LogP contribution in [0.5, 0.6) is 0 Å². The lowest BCUT2D eigenvalue weighted by Crippen LogP contribution is -2.31. The van der Waals surface area contributed by atoms with E-state index < -0.39 is 17.8 Å². The molecular formula is C27H20N2O4. The highest BCUT2D eigenvalue weighted by Crippen LogP contribution is 2.19. The molecule has 0 fully saturated rings. The molecule has 0 bridgehead atoms. The van der Waals surface area contributed by atoms with Gasteiger partial charge in [0.25, 0.3) is 11.8 Å². The van der Waals surface area contributed by atoms with Gasteiger partial charge in [0, 0.05) is 11.3 Å². The lowest BCUT2D eigenvalue weighted by molar-refractivity contribution is -0.113. The topological polar surface area (TPSA) is 95.5 Å². The van der Waals surface area contributed by atoms with Crippen molar-refractivity contribution in [2.24, 2.45) is 0 Å². The molecule has 6 heteroatoms. The number of anilines is 1. The average Bonchev–Trinajstić information content (AvgIpc) is 2.84. The van der Waals surface area contributed by atoms with Gasteiger partial charge < -0.3 is 15.7 Å². The average molecular weight is 436 g/mol. The highest BCUT2D eigenvalue weighted by molar-refractivity contribution is 6.14. The molecule has 4 rings (SSSR count). The first-order valence-electron chi connectivity index (χ1n) is 10.2. The molecule has 162 valence electrons. The monoisotopic (exact) mass is 436 g/mol. The molecule has 0 radical (unpaired) electrons. The van der Waals surface area contributed by atoms with Gasteiger partial charge in [0.2, 0.25) is 0 Å². The van der Waals surface area contributed by atoms with Crippen molar-refractivity contribution in [2.75, 3.05) is 5.32 Å². The van der Waals surface area contributed by atoms with Crippen molar-refractivity contribution in [3.05, 3.63) is 119 Å². The number of rotatable bonds is 6. The molecule has 4 aromatic carbocycles. The van der Waals surface area contributed by atoms with Gasteiger partial charge in [-0.2, -0.15) is 0 Å². The molecule has 0 spiro atoms. The normalized spacial score (nSPS) is 11.1. The molecule has 0 aliphatic heterocycles. The van der Waals surface area contributed by atoms with Gasteiger partial charge in [-0.3, -0.25) is 9.59 Å². The molecule has 2 amide bonds. The Morgan fingerprint density at radius 3 is 2.24 bits per heavy atom. The van der Waals surface area contributed by atoms with E-state index in [-0.39, 0.29) is 11.3 Å². The maximum atomic E-state index is 13.1. The summed E-state index contributed by atoms with van der Waals surface area (Å²) in [6, 6.07) is 27.9. The smallest absolute Gasteiger partial charge is 0.335 e. The Kier molecular flexibility index (Phi) is 6.27. The molecule has 3 N–H and O–H groups in total. The summed E-state index contributed by atoms with van der Waals surface area (Å²) >= 11 is 0. The highest BCUT2D eigenvalue weighted by atomic mass is 16.4. The first kappa shape index (κ1) is 21.5. The first-order valence-corrected chi connectivity index (χ1v) is 10.2. The molecule has 0 saturated heterocycles. The summed E-state index contributed by atoms with van der Waals surface area (Å²) in [5.74, 6) is -2.10. The van der Waals surface area contributed by atoms with Crippen LogP contribution in [0.4, 0.5) is 5.69 Å². The predicted octanol–water partition coefficient (Wildman–Crippen LogP) is 4.95. The van der Waals surface area contributed by atoms with Gasteiger partial charge in [-0.25, -0.2) is 4.79 Å². The number of benzene rings is 4. The SMILES string of the molecule is O=C(Nc1cccc(C(=O)O)c1)/C(=C/c1ccccc1)NC(=O)c1cccc2ccccc12. The van der Waals surface area contributed by atoms with Crippen molar-refractivity contribution >= 4 is 40.3 Å². The predicted molar refractivity (Wildman–Crippen MR) is 128 cm³/mol. The maximum absolute atomic E-state index is 13.1. The standard InChI is InChI=1S/C27H20N2O4/c30-25(23-15-7-11-19-10-4-5-14-22(19)23)29-24(16-18-8-2-1-3-9-18)26(31)28-21-13-6-12-20(17-21)27(32)33/h1-17H,(H,28,31)(H,29,30)(H,32,33)/b24-16-. The van der Waals surface area contributed by atoms with E-state index >= 15 is 0 Å². The minimum Gasteiger partial charge on any atom is -0.478 e. The largest absolute Gasteiger partial charge is 0.478 e.